The molecule has 0 aliphatic heterocycles. The van der Waals surface area contributed by atoms with Crippen molar-refractivity contribution in [2.45, 2.75) is 289 Å². The number of likely N-dealkylation sites (N-methyl/N-ethyl adjacent to an activating group) is 1. The van der Waals surface area contributed by atoms with E-state index >= 15 is 0 Å². The minimum atomic E-state index is -4.34. The second kappa shape index (κ2) is 51.4. The van der Waals surface area contributed by atoms with E-state index in [1.807, 2.05) is 27.2 Å². The Morgan fingerprint density at radius 1 is 0.493 bits per heavy atom. The van der Waals surface area contributed by atoms with Gasteiger partial charge in [0.15, 0.2) is 0 Å². The number of quaternary nitrogens is 1. The van der Waals surface area contributed by atoms with E-state index in [9.17, 15) is 19.4 Å². The maximum Gasteiger partial charge on any atom is 0.472 e. The molecule has 0 radical (unpaired) electrons. The van der Waals surface area contributed by atoms with Crippen molar-refractivity contribution in [3.8, 4) is 0 Å². The van der Waals surface area contributed by atoms with Crippen LogP contribution in [0.25, 0.3) is 0 Å². The third kappa shape index (κ3) is 54.1. The highest BCUT2D eigenvalue weighted by atomic mass is 31.2. The Morgan fingerprint density at radius 2 is 0.826 bits per heavy atom. The molecule has 0 aromatic carbocycles. The van der Waals surface area contributed by atoms with E-state index in [2.05, 4.69) is 55.6 Å². The summed E-state index contributed by atoms with van der Waals surface area (Å²) in [6.07, 6.45) is 68.2. The largest absolute Gasteiger partial charge is 0.472 e. The quantitative estimate of drug-likeness (QED) is 0.0243. The number of amides is 1. The van der Waals surface area contributed by atoms with Crippen molar-refractivity contribution in [3.63, 3.8) is 0 Å². The summed E-state index contributed by atoms with van der Waals surface area (Å²) in [5, 5.41) is 13.8. The lowest BCUT2D eigenvalue weighted by Crippen LogP contribution is -2.45. The van der Waals surface area contributed by atoms with E-state index in [4.69, 9.17) is 9.05 Å². The highest BCUT2D eigenvalue weighted by Crippen LogP contribution is 2.43. The number of allylic oxidation sites excluding steroid dienone is 7. The predicted molar refractivity (Wildman–Crippen MR) is 300 cm³/mol. The first kappa shape index (κ1) is 67.5. The van der Waals surface area contributed by atoms with E-state index in [1.54, 1.807) is 6.08 Å². The standard InChI is InChI=1S/C60H115N2O6P/c1-6-8-10-12-14-16-18-19-20-21-22-23-24-25-26-27-28-29-30-31-32-33-34-35-36-37-38-39-40-41-42-43-44-46-48-50-52-54-60(64)61-58(57-68-69(65,66)67-56-55-62(3,4)5)59(63)53-51-49-47-45-17-15-13-11-9-7-2/h18-19,21-22,24-25,51,53,58-59,63H,6-17,20,23,26-50,52,54-57H2,1-5H3,(H-,61,64,65,66)/p+1/b19-18-,22-21-,25-24-,53-51+. The van der Waals surface area contributed by atoms with Crippen LogP contribution < -0.4 is 5.32 Å². The van der Waals surface area contributed by atoms with Gasteiger partial charge in [0.05, 0.1) is 39.9 Å². The monoisotopic (exact) mass is 992 g/mol. The van der Waals surface area contributed by atoms with E-state index in [1.165, 1.54) is 205 Å². The fraction of sp³-hybridized carbons (Fsp3) is 0.850. The third-order valence-electron chi connectivity index (χ3n) is 13.3. The van der Waals surface area contributed by atoms with Crippen LogP contribution >= 0.6 is 7.82 Å². The first-order valence-electron chi connectivity index (χ1n) is 29.5. The van der Waals surface area contributed by atoms with Crippen LogP contribution in [0.5, 0.6) is 0 Å². The number of phosphoric acid groups is 1. The smallest absolute Gasteiger partial charge is 0.387 e. The van der Waals surface area contributed by atoms with Gasteiger partial charge in [0.25, 0.3) is 0 Å². The summed E-state index contributed by atoms with van der Waals surface area (Å²) in [5.41, 5.74) is 0. The lowest BCUT2D eigenvalue weighted by Gasteiger charge is -2.25. The van der Waals surface area contributed by atoms with Gasteiger partial charge in [-0.25, -0.2) is 4.57 Å². The van der Waals surface area contributed by atoms with Gasteiger partial charge in [-0.1, -0.05) is 262 Å². The Bertz CT molecular complexity index is 1260. The SMILES string of the molecule is CCCCCCC/C=C\C/C=C\C/C=C\CCCCCCCCCCCCCCCCCCCCCCCCC(=O)NC(COP(=O)(O)OCC[N+](C)(C)C)C(O)/C=C/CCCCCCCCCC. The van der Waals surface area contributed by atoms with E-state index in [-0.39, 0.29) is 19.1 Å². The molecule has 0 rings (SSSR count). The number of nitrogens with zero attached hydrogens (tertiary/aromatic N) is 1. The molecule has 1 amide bonds. The summed E-state index contributed by atoms with van der Waals surface area (Å²) in [6, 6.07) is -0.843. The summed E-state index contributed by atoms with van der Waals surface area (Å²) in [6.45, 7) is 4.80. The van der Waals surface area contributed by atoms with Gasteiger partial charge in [0.2, 0.25) is 5.91 Å². The van der Waals surface area contributed by atoms with Gasteiger partial charge in [-0.05, 0) is 57.8 Å². The Labute approximate surface area is 429 Å². The number of carbonyl (C=O) groups is 1. The zero-order chi connectivity index (χ0) is 50.6. The first-order valence-corrected chi connectivity index (χ1v) is 31.0. The van der Waals surface area contributed by atoms with Crippen LogP contribution in [0.15, 0.2) is 48.6 Å². The van der Waals surface area contributed by atoms with Crippen LogP contribution in [-0.2, 0) is 18.4 Å². The van der Waals surface area contributed by atoms with Gasteiger partial charge in [-0.2, -0.15) is 0 Å². The summed E-state index contributed by atoms with van der Waals surface area (Å²) in [5.74, 6) is -0.176. The molecule has 8 nitrogen and oxygen atoms in total. The average molecular weight is 993 g/mol. The molecule has 3 unspecified atom stereocenters. The molecule has 0 aliphatic rings. The second-order valence-corrected chi connectivity index (χ2v) is 22.8. The van der Waals surface area contributed by atoms with Gasteiger partial charge in [0, 0.05) is 6.42 Å². The fourth-order valence-corrected chi connectivity index (χ4v) is 9.37. The fourth-order valence-electron chi connectivity index (χ4n) is 8.64. The van der Waals surface area contributed by atoms with Crippen LogP contribution in [0, 0.1) is 0 Å². The maximum absolute atomic E-state index is 12.9. The molecule has 0 saturated carbocycles. The Kier molecular flexibility index (Phi) is 50.2. The average Bonchev–Trinajstić information content (AvgIpc) is 3.31. The Hall–Kier alpha value is -1.54. The first-order chi connectivity index (χ1) is 33.5. The molecule has 0 fully saturated rings. The van der Waals surface area contributed by atoms with E-state index in [0.29, 0.717) is 17.4 Å². The highest BCUT2D eigenvalue weighted by molar-refractivity contribution is 7.47. The number of nitrogens with one attached hydrogen (secondary N) is 1. The number of aliphatic hydroxyl groups is 1. The summed E-state index contributed by atoms with van der Waals surface area (Å²) in [7, 11) is 1.58. The zero-order valence-corrected chi connectivity index (χ0v) is 47.2. The lowest BCUT2D eigenvalue weighted by atomic mass is 10.0. The van der Waals surface area contributed by atoms with Crippen LogP contribution in [0.1, 0.15) is 277 Å². The van der Waals surface area contributed by atoms with Crippen molar-refractivity contribution < 1.29 is 32.9 Å². The molecule has 0 saturated heterocycles. The lowest BCUT2D eigenvalue weighted by molar-refractivity contribution is -0.870. The van der Waals surface area contributed by atoms with Crippen LogP contribution in [0.3, 0.4) is 0 Å². The van der Waals surface area contributed by atoms with Crippen molar-refractivity contribution in [2.75, 3.05) is 40.9 Å². The molecule has 69 heavy (non-hydrogen) atoms. The van der Waals surface area contributed by atoms with Crippen LogP contribution in [-0.4, -0.2) is 73.4 Å². The summed E-state index contributed by atoms with van der Waals surface area (Å²) >= 11 is 0. The van der Waals surface area contributed by atoms with Gasteiger partial charge >= 0.3 is 7.82 Å². The van der Waals surface area contributed by atoms with Crippen molar-refractivity contribution >= 4 is 13.7 Å². The van der Waals surface area contributed by atoms with Crippen molar-refractivity contribution in [1.82, 2.24) is 5.32 Å². The van der Waals surface area contributed by atoms with Crippen molar-refractivity contribution in [1.29, 1.82) is 0 Å². The van der Waals surface area contributed by atoms with Crippen molar-refractivity contribution in [2.24, 2.45) is 0 Å². The molecule has 3 atom stereocenters. The molecule has 0 aliphatic carbocycles. The van der Waals surface area contributed by atoms with Gasteiger partial charge in [-0.3, -0.25) is 13.8 Å². The molecule has 406 valence electrons. The number of carbonyl (C=O) groups excluding carboxylic acids is 1. The molecule has 3 N–H and O–H groups in total. The zero-order valence-electron chi connectivity index (χ0n) is 46.3. The minimum Gasteiger partial charge on any atom is -0.387 e. The van der Waals surface area contributed by atoms with Gasteiger partial charge in [0.1, 0.15) is 13.2 Å². The number of hydrogen-bond donors (Lipinski definition) is 3. The molecular formula is C60H116N2O6P+. The van der Waals surface area contributed by atoms with E-state index < -0.39 is 20.0 Å². The van der Waals surface area contributed by atoms with Crippen LogP contribution in [0.2, 0.25) is 0 Å². The molecule has 0 spiro atoms. The Morgan fingerprint density at radius 3 is 1.20 bits per heavy atom. The maximum atomic E-state index is 12.9. The van der Waals surface area contributed by atoms with Crippen LogP contribution in [0.4, 0.5) is 0 Å². The van der Waals surface area contributed by atoms with Crippen molar-refractivity contribution in [3.05, 3.63) is 48.6 Å². The Balaban J connectivity index is 3.87. The summed E-state index contributed by atoms with van der Waals surface area (Å²) in [4.78, 5) is 23.2. The van der Waals surface area contributed by atoms with Gasteiger partial charge < -0.3 is 19.8 Å². The number of unbranched alkanes of at least 4 members (excludes halogenated alkanes) is 35. The number of hydrogen-bond acceptors (Lipinski definition) is 5. The molecule has 0 aromatic heterocycles. The third-order valence-corrected chi connectivity index (χ3v) is 14.3. The molecule has 0 heterocycles. The number of aliphatic hydroxyl groups excluding tert-OH is 1. The molecular weight excluding hydrogens is 876 g/mol. The molecule has 0 bridgehead atoms. The topological polar surface area (TPSA) is 105 Å². The normalized spacial score (nSPS) is 14.2. The predicted octanol–water partition coefficient (Wildman–Crippen LogP) is 17.9. The van der Waals surface area contributed by atoms with Gasteiger partial charge in [-0.15, -0.1) is 0 Å². The minimum absolute atomic E-state index is 0.0623. The highest BCUT2D eigenvalue weighted by Gasteiger charge is 2.27. The van der Waals surface area contributed by atoms with E-state index in [0.717, 1.165) is 51.4 Å². The molecule has 9 heteroatoms. The number of rotatable bonds is 54. The summed E-state index contributed by atoms with van der Waals surface area (Å²) < 4.78 is 23.6. The number of phosphoric ester groups is 1. The molecule has 0 aromatic rings. The second-order valence-electron chi connectivity index (χ2n) is 21.4.